The fraction of sp³-hybridized carbons (Fsp3) is 0.211. The van der Waals surface area contributed by atoms with Crippen LogP contribution in [-0.2, 0) is 4.79 Å². The van der Waals surface area contributed by atoms with Gasteiger partial charge in [0.1, 0.15) is 5.75 Å². The van der Waals surface area contributed by atoms with Crippen molar-refractivity contribution in [3.05, 3.63) is 65.2 Å². The Morgan fingerprint density at radius 3 is 2.36 bits per heavy atom. The van der Waals surface area contributed by atoms with Crippen molar-refractivity contribution in [2.24, 2.45) is 0 Å². The molecule has 0 unspecified atom stereocenters. The molecule has 2 rings (SSSR count). The molecule has 0 aromatic heterocycles. The Hall–Kier alpha value is -2.76. The summed E-state index contributed by atoms with van der Waals surface area (Å²) in [5, 5.41) is 2.54. The predicted molar refractivity (Wildman–Crippen MR) is 91.6 cm³/mol. The number of hydrogen-bond acceptors (Lipinski definition) is 2. The summed E-state index contributed by atoms with van der Waals surface area (Å²) in [5.41, 5.74) is 2.87. The van der Waals surface area contributed by atoms with Gasteiger partial charge in [0, 0.05) is 6.08 Å². The summed E-state index contributed by atoms with van der Waals surface area (Å²) in [5.74, 6) is -0.476. The number of amides is 1. The lowest BCUT2D eigenvalue weighted by Crippen LogP contribution is -2.20. The summed E-state index contributed by atoms with van der Waals surface area (Å²) in [6, 6.07) is 12.2. The zero-order valence-electron chi connectivity index (χ0n) is 13.9. The molecule has 0 spiro atoms. The Kier molecular flexibility index (Phi) is 5.85. The van der Waals surface area contributed by atoms with Crippen molar-refractivity contribution in [3.8, 4) is 5.75 Å². The van der Waals surface area contributed by atoms with Crippen molar-refractivity contribution in [1.29, 1.82) is 0 Å². The Morgan fingerprint density at radius 1 is 1.08 bits per heavy atom. The molecule has 6 heteroatoms. The highest BCUT2D eigenvalue weighted by atomic mass is 19.4. The number of aryl methyl sites for hydroxylation is 2. The van der Waals surface area contributed by atoms with E-state index in [0.29, 0.717) is 0 Å². The van der Waals surface area contributed by atoms with Gasteiger partial charge in [-0.05, 0) is 43.2 Å². The molecule has 1 amide bonds. The maximum Gasteiger partial charge on any atom is 0.422 e. The van der Waals surface area contributed by atoms with E-state index < -0.39 is 18.7 Å². The SMILES string of the molecule is Cc1ccc(/C=C/C(=O)Nc2ccc(C)cc2OCC(F)(F)F)cc1. The van der Waals surface area contributed by atoms with Crippen molar-refractivity contribution in [1.82, 2.24) is 0 Å². The minimum absolute atomic E-state index is 0.0191. The number of benzene rings is 2. The van der Waals surface area contributed by atoms with Crippen LogP contribution in [0, 0.1) is 13.8 Å². The van der Waals surface area contributed by atoms with Gasteiger partial charge in [-0.1, -0.05) is 35.9 Å². The molecule has 2 aromatic carbocycles. The van der Waals surface area contributed by atoms with E-state index in [1.54, 1.807) is 19.1 Å². The Morgan fingerprint density at radius 2 is 1.72 bits per heavy atom. The highest BCUT2D eigenvalue weighted by Crippen LogP contribution is 2.28. The van der Waals surface area contributed by atoms with E-state index in [1.807, 2.05) is 31.2 Å². The molecule has 0 radical (unpaired) electrons. The Bertz CT molecular complexity index is 765. The molecule has 1 N–H and O–H groups in total. The van der Waals surface area contributed by atoms with Crippen molar-refractivity contribution in [2.75, 3.05) is 11.9 Å². The van der Waals surface area contributed by atoms with Crippen LogP contribution < -0.4 is 10.1 Å². The summed E-state index contributed by atoms with van der Waals surface area (Å²) in [7, 11) is 0. The number of rotatable bonds is 5. The first kappa shape index (κ1) is 18.6. The summed E-state index contributed by atoms with van der Waals surface area (Å²) >= 11 is 0. The Balaban J connectivity index is 2.07. The molecule has 25 heavy (non-hydrogen) atoms. The van der Waals surface area contributed by atoms with Gasteiger partial charge in [-0.3, -0.25) is 4.79 Å². The van der Waals surface area contributed by atoms with Gasteiger partial charge in [-0.25, -0.2) is 0 Å². The number of carbonyl (C=O) groups excluding carboxylic acids is 1. The van der Waals surface area contributed by atoms with Gasteiger partial charge in [-0.2, -0.15) is 13.2 Å². The molecule has 132 valence electrons. The second kappa shape index (κ2) is 7.88. The van der Waals surface area contributed by atoms with Crippen LogP contribution in [0.4, 0.5) is 18.9 Å². The van der Waals surface area contributed by atoms with Crippen LogP contribution in [0.5, 0.6) is 5.75 Å². The molecule has 0 fully saturated rings. The number of carbonyl (C=O) groups is 1. The van der Waals surface area contributed by atoms with Crippen molar-refractivity contribution in [2.45, 2.75) is 20.0 Å². The maximum absolute atomic E-state index is 12.3. The largest absolute Gasteiger partial charge is 0.482 e. The molecule has 0 heterocycles. The summed E-state index contributed by atoms with van der Waals surface area (Å²) < 4.78 is 41.8. The molecule has 3 nitrogen and oxygen atoms in total. The van der Waals surface area contributed by atoms with Gasteiger partial charge in [0.25, 0.3) is 0 Å². The molecule has 2 aromatic rings. The minimum atomic E-state index is -4.45. The van der Waals surface area contributed by atoms with Crippen LogP contribution in [-0.4, -0.2) is 18.7 Å². The average Bonchev–Trinajstić information content (AvgIpc) is 2.54. The van der Waals surface area contributed by atoms with Crippen LogP contribution in [0.2, 0.25) is 0 Å². The predicted octanol–water partition coefficient (Wildman–Crippen LogP) is 4.90. The number of anilines is 1. The maximum atomic E-state index is 12.3. The zero-order valence-corrected chi connectivity index (χ0v) is 13.9. The molecular weight excluding hydrogens is 331 g/mol. The second-order valence-corrected chi connectivity index (χ2v) is 5.64. The molecular formula is C19H18F3NO2. The van der Waals surface area contributed by atoms with Gasteiger partial charge in [0.05, 0.1) is 5.69 Å². The van der Waals surface area contributed by atoms with E-state index in [0.717, 1.165) is 16.7 Å². The first-order valence-corrected chi connectivity index (χ1v) is 7.59. The lowest BCUT2D eigenvalue weighted by atomic mass is 10.1. The van der Waals surface area contributed by atoms with E-state index in [9.17, 15) is 18.0 Å². The number of alkyl halides is 3. The summed E-state index contributed by atoms with van der Waals surface area (Å²) in [6.45, 7) is 2.27. The van der Waals surface area contributed by atoms with Crippen LogP contribution in [0.1, 0.15) is 16.7 Å². The van der Waals surface area contributed by atoms with Crippen LogP contribution in [0.15, 0.2) is 48.5 Å². The van der Waals surface area contributed by atoms with Gasteiger partial charge >= 0.3 is 6.18 Å². The van der Waals surface area contributed by atoms with Gasteiger partial charge in [0.15, 0.2) is 6.61 Å². The van der Waals surface area contributed by atoms with E-state index in [-0.39, 0.29) is 11.4 Å². The van der Waals surface area contributed by atoms with E-state index in [1.165, 1.54) is 18.2 Å². The topological polar surface area (TPSA) is 38.3 Å². The van der Waals surface area contributed by atoms with Crippen molar-refractivity contribution in [3.63, 3.8) is 0 Å². The minimum Gasteiger partial charge on any atom is -0.482 e. The highest BCUT2D eigenvalue weighted by molar-refractivity contribution is 6.02. The molecule has 0 aliphatic carbocycles. The molecule has 0 aliphatic rings. The molecule has 0 atom stereocenters. The normalized spacial score (nSPS) is 11.6. The Labute approximate surface area is 144 Å². The second-order valence-electron chi connectivity index (χ2n) is 5.64. The van der Waals surface area contributed by atoms with E-state index in [4.69, 9.17) is 4.74 Å². The lowest BCUT2D eigenvalue weighted by molar-refractivity contribution is -0.153. The molecule has 0 saturated heterocycles. The monoisotopic (exact) mass is 349 g/mol. The average molecular weight is 349 g/mol. The fourth-order valence-corrected chi connectivity index (χ4v) is 2.04. The molecule has 0 saturated carbocycles. The van der Waals surface area contributed by atoms with Crippen LogP contribution in [0.3, 0.4) is 0 Å². The third-order valence-electron chi connectivity index (χ3n) is 3.29. The molecule has 0 aliphatic heterocycles. The van der Waals surface area contributed by atoms with E-state index in [2.05, 4.69) is 5.32 Å². The highest BCUT2D eigenvalue weighted by Gasteiger charge is 2.28. The number of halogens is 3. The van der Waals surface area contributed by atoms with Gasteiger partial charge in [-0.15, -0.1) is 0 Å². The number of hydrogen-bond donors (Lipinski definition) is 1. The number of nitrogens with one attached hydrogen (secondary N) is 1. The van der Waals surface area contributed by atoms with Crippen LogP contribution in [0.25, 0.3) is 6.08 Å². The van der Waals surface area contributed by atoms with Crippen molar-refractivity contribution >= 4 is 17.7 Å². The van der Waals surface area contributed by atoms with Crippen molar-refractivity contribution < 1.29 is 22.7 Å². The zero-order chi connectivity index (χ0) is 18.4. The van der Waals surface area contributed by atoms with Gasteiger partial charge < -0.3 is 10.1 Å². The lowest BCUT2D eigenvalue weighted by Gasteiger charge is -2.14. The first-order valence-electron chi connectivity index (χ1n) is 7.59. The van der Waals surface area contributed by atoms with Crippen LogP contribution >= 0.6 is 0 Å². The smallest absolute Gasteiger partial charge is 0.422 e. The standard InChI is InChI=1S/C19H18F3NO2/c1-13-3-6-15(7-4-13)8-10-18(24)23-16-9-5-14(2)11-17(16)25-12-19(20,21)22/h3-11H,12H2,1-2H3,(H,23,24)/b10-8+. The van der Waals surface area contributed by atoms with Gasteiger partial charge in [0.2, 0.25) is 5.91 Å². The summed E-state index contributed by atoms with van der Waals surface area (Å²) in [4.78, 5) is 12.0. The number of ether oxygens (including phenoxy) is 1. The third kappa shape index (κ3) is 6.33. The summed E-state index contributed by atoms with van der Waals surface area (Å²) in [6.07, 6.45) is -1.51. The third-order valence-corrected chi connectivity index (χ3v) is 3.29. The van der Waals surface area contributed by atoms with E-state index >= 15 is 0 Å². The first-order chi connectivity index (χ1) is 11.7. The fourth-order valence-electron chi connectivity index (χ4n) is 2.04. The molecule has 0 bridgehead atoms. The quantitative estimate of drug-likeness (QED) is 0.780.